The minimum atomic E-state index is -1.22. The summed E-state index contributed by atoms with van der Waals surface area (Å²) in [6.07, 6.45) is 4.35. The van der Waals surface area contributed by atoms with E-state index in [4.69, 9.17) is 11.1 Å². The smallest absolute Gasteiger partial charge is 0.150 e. The Kier molecular flexibility index (Phi) is 2.22. The number of hydrogen-bond acceptors (Lipinski definition) is 0. The lowest BCUT2D eigenvalue weighted by Gasteiger charge is -2.29. The lowest BCUT2D eigenvalue weighted by atomic mass is 9.87. The fourth-order valence-corrected chi connectivity index (χ4v) is 3.82. The van der Waals surface area contributed by atoms with Crippen LogP contribution in [0.25, 0.3) is 0 Å². The van der Waals surface area contributed by atoms with Crippen molar-refractivity contribution in [1.29, 1.82) is 0 Å². The highest BCUT2D eigenvalue weighted by atomic mass is 35.6. The first-order valence-corrected chi connectivity index (χ1v) is 7.99. The van der Waals surface area contributed by atoms with E-state index in [1.54, 1.807) is 0 Å². The highest BCUT2D eigenvalue weighted by Gasteiger charge is 2.26. The molecule has 0 amide bonds. The van der Waals surface area contributed by atoms with Gasteiger partial charge in [-0.25, -0.2) is 0 Å². The number of hydrogen-bond donors (Lipinski definition) is 0. The molecule has 0 unspecified atom stereocenters. The summed E-state index contributed by atoms with van der Waals surface area (Å²) in [7, 11) is -1.22. The molecule has 0 heterocycles. The van der Waals surface area contributed by atoms with E-state index in [1.807, 2.05) is 0 Å². The topological polar surface area (TPSA) is 0 Å². The largest absolute Gasteiger partial charge is 0.168 e. The molecule has 0 aromatic rings. The van der Waals surface area contributed by atoms with Crippen molar-refractivity contribution >= 4 is 18.5 Å². The zero-order valence-corrected chi connectivity index (χ0v) is 8.04. The average Bonchev–Trinajstić information content (AvgIpc) is 1.53. The fraction of sp³-hybridized carbons (Fsp3) is 1.00. The minimum Gasteiger partial charge on any atom is -0.168 e. The Labute approximate surface area is 63.3 Å². The van der Waals surface area contributed by atoms with Crippen LogP contribution in [0.2, 0.25) is 19.1 Å². The maximum absolute atomic E-state index is 6.18. The molecule has 54 valence electrons. The maximum atomic E-state index is 6.18. The molecule has 1 aliphatic rings. The van der Waals surface area contributed by atoms with Gasteiger partial charge >= 0.3 is 0 Å². The van der Waals surface area contributed by atoms with Gasteiger partial charge < -0.3 is 0 Å². The molecule has 1 rings (SSSR count). The molecule has 0 saturated heterocycles. The lowest BCUT2D eigenvalue weighted by Crippen LogP contribution is -2.24. The van der Waals surface area contributed by atoms with E-state index >= 15 is 0 Å². The highest BCUT2D eigenvalue weighted by molar-refractivity contribution is 7.19. The van der Waals surface area contributed by atoms with Crippen molar-refractivity contribution in [3.05, 3.63) is 0 Å². The Bertz CT molecular complexity index is 91.6. The predicted octanol–water partition coefficient (Wildman–Crippen LogP) is 3.23. The van der Waals surface area contributed by atoms with Crippen LogP contribution in [-0.4, -0.2) is 7.38 Å². The quantitative estimate of drug-likeness (QED) is 0.432. The molecule has 0 bridgehead atoms. The molecule has 0 aliphatic heterocycles. The molecule has 0 aromatic heterocycles. The van der Waals surface area contributed by atoms with Gasteiger partial charge in [-0.3, -0.25) is 0 Å². The van der Waals surface area contributed by atoms with Gasteiger partial charge in [-0.15, -0.1) is 0 Å². The molecule has 0 atom stereocenters. The van der Waals surface area contributed by atoms with Crippen LogP contribution in [0.15, 0.2) is 0 Å². The van der Waals surface area contributed by atoms with Gasteiger partial charge in [-0.2, -0.15) is 11.1 Å². The van der Waals surface area contributed by atoms with Crippen LogP contribution in [0.4, 0.5) is 0 Å². The van der Waals surface area contributed by atoms with E-state index in [1.165, 1.54) is 25.3 Å². The maximum Gasteiger partial charge on any atom is 0.150 e. The third kappa shape index (κ3) is 2.72. The van der Waals surface area contributed by atoms with Crippen LogP contribution in [0, 0.1) is 5.92 Å². The van der Waals surface area contributed by atoms with Gasteiger partial charge in [-0.05, 0) is 12.0 Å². The molecule has 0 aromatic carbocycles. The van der Waals surface area contributed by atoms with Gasteiger partial charge in [0.05, 0.1) is 0 Å². The first-order chi connectivity index (χ1) is 4.08. The van der Waals surface area contributed by atoms with E-state index < -0.39 is 7.38 Å². The summed E-state index contributed by atoms with van der Waals surface area (Å²) < 4.78 is 0. The Balaban J connectivity index is 2.16. The monoisotopic (exact) mass is 162 g/mol. The van der Waals surface area contributed by atoms with E-state index in [-0.39, 0.29) is 0 Å². The lowest BCUT2D eigenvalue weighted by molar-refractivity contribution is 0.344. The van der Waals surface area contributed by atoms with Crippen LogP contribution in [0.5, 0.6) is 0 Å². The van der Waals surface area contributed by atoms with Crippen LogP contribution in [-0.2, 0) is 0 Å². The predicted molar refractivity (Wildman–Crippen MR) is 45.5 cm³/mol. The first kappa shape index (κ1) is 7.61. The van der Waals surface area contributed by atoms with E-state index in [2.05, 4.69) is 13.1 Å². The summed E-state index contributed by atoms with van der Waals surface area (Å²) in [5, 5.41) is 0. The van der Waals surface area contributed by atoms with Crippen molar-refractivity contribution in [2.45, 2.75) is 38.4 Å². The van der Waals surface area contributed by atoms with Gasteiger partial charge in [0.1, 0.15) is 0 Å². The summed E-state index contributed by atoms with van der Waals surface area (Å²) in [4.78, 5) is 0. The summed E-state index contributed by atoms with van der Waals surface area (Å²) in [5.74, 6) is 1.00. The van der Waals surface area contributed by atoms with Crippen LogP contribution < -0.4 is 0 Å². The molecule has 2 heteroatoms. The zero-order valence-electron chi connectivity index (χ0n) is 6.28. The summed E-state index contributed by atoms with van der Waals surface area (Å²) in [6.45, 7) is 4.49. The molecule has 1 saturated carbocycles. The Hall–Kier alpha value is 0.507. The molecule has 0 radical (unpaired) electrons. The zero-order chi connectivity index (χ0) is 6.91. The highest BCUT2D eigenvalue weighted by Crippen LogP contribution is 2.35. The van der Waals surface area contributed by atoms with Crippen molar-refractivity contribution in [3.8, 4) is 0 Å². The standard InChI is InChI=1S/C7H15ClSi/c1-9(2,8)6-7-4-3-5-7/h7H,3-6H2,1-2H3. The van der Waals surface area contributed by atoms with E-state index in [9.17, 15) is 0 Å². The van der Waals surface area contributed by atoms with Gasteiger partial charge in [0.2, 0.25) is 0 Å². The third-order valence-corrected chi connectivity index (χ3v) is 4.01. The SMILES string of the molecule is C[Si](C)(Cl)CC1CCC1. The molecule has 1 aliphatic carbocycles. The second kappa shape index (κ2) is 2.63. The third-order valence-electron chi connectivity index (χ3n) is 2.00. The van der Waals surface area contributed by atoms with Crippen LogP contribution in [0.3, 0.4) is 0 Å². The summed E-state index contributed by atoms with van der Waals surface area (Å²) in [5.41, 5.74) is 0. The van der Waals surface area contributed by atoms with Crippen molar-refractivity contribution in [3.63, 3.8) is 0 Å². The molecular formula is C7H15ClSi. The first-order valence-electron chi connectivity index (χ1n) is 3.77. The van der Waals surface area contributed by atoms with Gasteiger partial charge in [0, 0.05) is 0 Å². The van der Waals surface area contributed by atoms with Crippen molar-refractivity contribution < 1.29 is 0 Å². The van der Waals surface area contributed by atoms with Gasteiger partial charge in [0.15, 0.2) is 7.38 Å². The molecular weight excluding hydrogens is 148 g/mol. The van der Waals surface area contributed by atoms with Gasteiger partial charge in [0.25, 0.3) is 0 Å². The number of halogens is 1. The van der Waals surface area contributed by atoms with E-state index in [0.29, 0.717) is 0 Å². The second-order valence-electron chi connectivity index (χ2n) is 3.72. The minimum absolute atomic E-state index is 1.00. The Morgan fingerprint density at radius 2 is 2.00 bits per heavy atom. The van der Waals surface area contributed by atoms with E-state index in [0.717, 1.165) is 5.92 Å². The van der Waals surface area contributed by atoms with Crippen molar-refractivity contribution in [1.82, 2.24) is 0 Å². The fourth-order valence-electron chi connectivity index (χ4n) is 1.38. The summed E-state index contributed by atoms with van der Waals surface area (Å²) >= 11 is 6.18. The van der Waals surface area contributed by atoms with Crippen LogP contribution in [0.1, 0.15) is 19.3 Å². The van der Waals surface area contributed by atoms with Crippen molar-refractivity contribution in [2.75, 3.05) is 0 Å². The Morgan fingerprint density at radius 3 is 2.11 bits per heavy atom. The molecule has 9 heavy (non-hydrogen) atoms. The van der Waals surface area contributed by atoms with Gasteiger partial charge in [-0.1, -0.05) is 32.4 Å². The average molecular weight is 163 g/mol. The van der Waals surface area contributed by atoms with Crippen LogP contribution >= 0.6 is 11.1 Å². The number of rotatable bonds is 2. The van der Waals surface area contributed by atoms with Crippen molar-refractivity contribution in [2.24, 2.45) is 5.92 Å². The normalized spacial score (nSPS) is 21.7. The molecule has 0 N–H and O–H groups in total. The molecule has 1 fully saturated rings. The molecule has 0 nitrogen and oxygen atoms in total. The second-order valence-corrected chi connectivity index (χ2v) is 10.6. The molecule has 0 spiro atoms. The Morgan fingerprint density at radius 1 is 1.44 bits per heavy atom. The summed E-state index contributed by atoms with van der Waals surface area (Å²) in [6, 6.07) is 1.34.